The summed E-state index contributed by atoms with van der Waals surface area (Å²) in [4.78, 5) is 0. The molecule has 0 aromatic heterocycles. The largest absolute Gasteiger partial charge is 0.397 e. The Labute approximate surface area is 111 Å². The van der Waals surface area contributed by atoms with Gasteiger partial charge in [-0.05, 0) is 32.0 Å². The summed E-state index contributed by atoms with van der Waals surface area (Å²) in [6.07, 6.45) is 1.24. The second-order valence-corrected chi connectivity index (χ2v) is 8.18. The van der Waals surface area contributed by atoms with Crippen LogP contribution >= 0.6 is 15.9 Å². The number of nitrogens with one attached hydrogen (secondary N) is 1. The van der Waals surface area contributed by atoms with E-state index in [1.165, 1.54) is 6.26 Å². The molecule has 0 saturated carbocycles. The van der Waals surface area contributed by atoms with Gasteiger partial charge in [-0.1, -0.05) is 15.9 Å². The fraction of sp³-hybridized carbons (Fsp3) is 0.455. The first-order valence-electron chi connectivity index (χ1n) is 5.12. The van der Waals surface area contributed by atoms with E-state index in [1.54, 1.807) is 19.9 Å². The van der Waals surface area contributed by atoms with Crippen molar-refractivity contribution in [2.75, 3.05) is 23.9 Å². The molecule has 0 aliphatic rings. The molecule has 0 atom stereocenters. The molecular formula is C11H17BrN2O2S. The Kier molecular flexibility index (Phi) is 4.09. The number of halogens is 1. The number of hydrogen-bond donors (Lipinski definition) is 2. The van der Waals surface area contributed by atoms with Gasteiger partial charge >= 0.3 is 0 Å². The minimum absolute atomic E-state index is 0.312. The van der Waals surface area contributed by atoms with E-state index >= 15 is 0 Å². The molecule has 0 saturated heterocycles. The lowest BCUT2D eigenvalue weighted by Gasteiger charge is -2.24. The van der Waals surface area contributed by atoms with Crippen LogP contribution in [0.2, 0.25) is 0 Å². The lowest BCUT2D eigenvalue weighted by atomic mass is 10.2. The van der Waals surface area contributed by atoms with Crippen molar-refractivity contribution < 1.29 is 8.42 Å². The predicted octanol–water partition coefficient (Wildman–Crippen LogP) is 2.27. The van der Waals surface area contributed by atoms with Crippen LogP contribution in [0, 0.1) is 0 Å². The molecule has 0 aliphatic carbocycles. The smallest absolute Gasteiger partial charge is 0.154 e. The third kappa shape index (κ3) is 3.61. The first-order valence-corrected chi connectivity index (χ1v) is 7.80. The molecule has 1 aromatic carbocycles. The van der Waals surface area contributed by atoms with Crippen molar-refractivity contribution in [2.45, 2.75) is 18.6 Å². The standard InChI is InChI=1S/C11H17BrN2O2S/c1-11(2,17(3,15)16)7-14-10-6-8(12)4-5-9(10)13/h4-6,14H,7,13H2,1-3H3. The van der Waals surface area contributed by atoms with Crippen molar-refractivity contribution in [2.24, 2.45) is 0 Å². The van der Waals surface area contributed by atoms with Gasteiger partial charge in [-0.3, -0.25) is 0 Å². The van der Waals surface area contributed by atoms with Crippen LogP contribution < -0.4 is 11.1 Å². The van der Waals surface area contributed by atoms with E-state index in [0.29, 0.717) is 12.2 Å². The summed E-state index contributed by atoms with van der Waals surface area (Å²) >= 11 is 3.34. The van der Waals surface area contributed by atoms with E-state index in [-0.39, 0.29) is 0 Å². The van der Waals surface area contributed by atoms with Crippen LogP contribution in [-0.2, 0) is 9.84 Å². The van der Waals surface area contributed by atoms with Crippen molar-refractivity contribution >= 4 is 37.1 Å². The number of rotatable bonds is 4. The van der Waals surface area contributed by atoms with Crippen LogP contribution in [-0.4, -0.2) is 26.0 Å². The number of nitrogen functional groups attached to an aromatic ring is 1. The molecule has 0 unspecified atom stereocenters. The highest BCUT2D eigenvalue weighted by Crippen LogP contribution is 2.25. The van der Waals surface area contributed by atoms with Crippen LogP contribution in [0.15, 0.2) is 22.7 Å². The van der Waals surface area contributed by atoms with E-state index in [1.807, 2.05) is 12.1 Å². The highest BCUT2D eigenvalue weighted by Gasteiger charge is 2.29. The molecule has 1 aromatic rings. The van der Waals surface area contributed by atoms with Crippen LogP contribution in [0.5, 0.6) is 0 Å². The molecule has 17 heavy (non-hydrogen) atoms. The monoisotopic (exact) mass is 320 g/mol. The zero-order chi connectivity index (χ0) is 13.3. The fourth-order valence-corrected chi connectivity index (χ4v) is 1.82. The molecule has 1 rings (SSSR count). The Morgan fingerprint density at radius 1 is 1.41 bits per heavy atom. The molecule has 0 fully saturated rings. The van der Waals surface area contributed by atoms with Gasteiger partial charge in [0, 0.05) is 17.3 Å². The van der Waals surface area contributed by atoms with Gasteiger partial charge in [0.05, 0.1) is 16.1 Å². The van der Waals surface area contributed by atoms with Crippen LogP contribution in [0.3, 0.4) is 0 Å². The number of sulfone groups is 1. The molecule has 0 bridgehead atoms. The summed E-state index contributed by atoms with van der Waals surface area (Å²) in [5, 5.41) is 3.07. The summed E-state index contributed by atoms with van der Waals surface area (Å²) in [7, 11) is -3.11. The second kappa shape index (κ2) is 4.86. The van der Waals surface area contributed by atoms with Crippen molar-refractivity contribution in [3.63, 3.8) is 0 Å². The Morgan fingerprint density at radius 3 is 2.53 bits per heavy atom. The highest BCUT2D eigenvalue weighted by molar-refractivity contribution is 9.10. The van der Waals surface area contributed by atoms with Gasteiger partial charge in [0.15, 0.2) is 9.84 Å². The zero-order valence-corrected chi connectivity index (χ0v) is 12.5. The maximum atomic E-state index is 11.5. The van der Waals surface area contributed by atoms with Crippen molar-refractivity contribution in [3.05, 3.63) is 22.7 Å². The van der Waals surface area contributed by atoms with Crippen LogP contribution in [0.1, 0.15) is 13.8 Å². The Balaban J connectivity index is 2.84. The van der Waals surface area contributed by atoms with E-state index in [0.717, 1.165) is 10.2 Å². The van der Waals surface area contributed by atoms with Gasteiger partial charge in [-0.25, -0.2) is 8.42 Å². The average molecular weight is 321 g/mol. The summed E-state index contributed by atoms with van der Waals surface area (Å²) in [6, 6.07) is 5.43. The van der Waals surface area contributed by atoms with Gasteiger partial charge < -0.3 is 11.1 Å². The quantitative estimate of drug-likeness (QED) is 0.835. The molecule has 0 spiro atoms. The maximum Gasteiger partial charge on any atom is 0.154 e. The predicted molar refractivity (Wildman–Crippen MR) is 76.0 cm³/mol. The van der Waals surface area contributed by atoms with E-state index < -0.39 is 14.6 Å². The minimum atomic E-state index is -3.11. The summed E-state index contributed by atoms with van der Waals surface area (Å²) in [5.41, 5.74) is 7.12. The van der Waals surface area contributed by atoms with Crippen LogP contribution in [0.4, 0.5) is 11.4 Å². The summed E-state index contributed by atoms with van der Waals surface area (Å²) in [5.74, 6) is 0. The lowest BCUT2D eigenvalue weighted by Crippen LogP contribution is -2.38. The zero-order valence-electron chi connectivity index (χ0n) is 10.1. The first-order chi connectivity index (χ1) is 7.63. The highest BCUT2D eigenvalue weighted by atomic mass is 79.9. The van der Waals surface area contributed by atoms with E-state index in [4.69, 9.17) is 5.73 Å². The molecule has 4 nitrogen and oxygen atoms in total. The number of nitrogens with two attached hydrogens (primary N) is 1. The molecule has 96 valence electrons. The SMILES string of the molecule is CC(C)(CNc1cc(Br)ccc1N)S(C)(=O)=O. The van der Waals surface area contributed by atoms with Crippen molar-refractivity contribution in [1.29, 1.82) is 0 Å². The van der Waals surface area contributed by atoms with Crippen molar-refractivity contribution in [3.8, 4) is 0 Å². The molecule has 0 heterocycles. The normalized spacial score (nSPS) is 12.5. The Morgan fingerprint density at radius 2 is 2.00 bits per heavy atom. The van der Waals surface area contributed by atoms with Gasteiger partial charge in [0.2, 0.25) is 0 Å². The lowest BCUT2D eigenvalue weighted by molar-refractivity contribution is 0.560. The molecule has 0 amide bonds. The van der Waals surface area contributed by atoms with Gasteiger partial charge in [-0.15, -0.1) is 0 Å². The molecule has 6 heteroatoms. The van der Waals surface area contributed by atoms with Crippen molar-refractivity contribution in [1.82, 2.24) is 0 Å². The molecular weight excluding hydrogens is 304 g/mol. The molecule has 3 N–H and O–H groups in total. The third-order valence-corrected chi connectivity index (χ3v) is 5.37. The van der Waals surface area contributed by atoms with Gasteiger partial charge in [-0.2, -0.15) is 0 Å². The first kappa shape index (κ1) is 14.3. The number of benzene rings is 1. The van der Waals surface area contributed by atoms with E-state index in [2.05, 4.69) is 21.2 Å². The number of hydrogen-bond acceptors (Lipinski definition) is 4. The molecule has 0 radical (unpaired) electrons. The summed E-state index contributed by atoms with van der Waals surface area (Å²) < 4.78 is 23.2. The van der Waals surface area contributed by atoms with E-state index in [9.17, 15) is 8.42 Å². The van der Waals surface area contributed by atoms with Gasteiger partial charge in [0.25, 0.3) is 0 Å². The fourth-order valence-electron chi connectivity index (χ4n) is 1.12. The second-order valence-electron chi connectivity index (χ2n) is 4.62. The third-order valence-electron chi connectivity index (χ3n) is 2.72. The minimum Gasteiger partial charge on any atom is -0.397 e. The Hall–Kier alpha value is -0.750. The average Bonchev–Trinajstić information content (AvgIpc) is 2.18. The molecule has 0 aliphatic heterocycles. The van der Waals surface area contributed by atoms with Gasteiger partial charge in [0.1, 0.15) is 0 Å². The summed E-state index contributed by atoms with van der Waals surface area (Å²) in [6.45, 7) is 3.68. The maximum absolute atomic E-state index is 11.5. The van der Waals surface area contributed by atoms with Crippen LogP contribution in [0.25, 0.3) is 0 Å². The topological polar surface area (TPSA) is 72.2 Å². The Bertz CT molecular complexity index is 512. The number of anilines is 2.